The summed E-state index contributed by atoms with van der Waals surface area (Å²) >= 11 is 12.3. The molecule has 12 heteroatoms. The van der Waals surface area contributed by atoms with Gasteiger partial charge in [-0.15, -0.1) is 0 Å². The van der Waals surface area contributed by atoms with Gasteiger partial charge in [0.25, 0.3) is 0 Å². The standard InChI is InChI=1S/C27H30Cl2F3N5O2/c1-5-6-13-36(25(39)33-18-9-7-17(8-10-18)27(30,31)32)16-24(38)34-23-15-22(26(2,3)4)35-37(23)19-11-12-20(28)21(29)14-19/h7-12,14-15H,5-6,13,16H2,1-4H3,(H,33,39)(H,34,38). The molecule has 0 fully saturated rings. The van der Waals surface area contributed by atoms with Crippen molar-refractivity contribution in [2.75, 3.05) is 23.7 Å². The highest BCUT2D eigenvalue weighted by atomic mass is 35.5. The van der Waals surface area contributed by atoms with Crippen LogP contribution in [0.5, 0.6) is 0 Å². The summed E-state index contributed by atoms with van der Waals surface area (Å²) in [5.74, 6) is -0.0998. The molecule has 0 bridgehead atoms. The number of nitrogens with one attached hydrogen (secondary N) is 2. The van der Waals surface area contributed by atoms with Crippen LogP contribution in [0.25, 0.3) is 5.69 Å². The normalized spacial score (nSPS) is 11.8. The average Bonchev–Trinajstić information content (AvgIpc) is 3.27. The molecule has 0 aliphatic carbocycles. The van der Waals surface area contributed by atoms with E-state index in [4.69, 9.17) is 23.2 Å². The van der Waals surface area contributed by atoms with Gasteiger partial charge in [-0.25, -0.2) is 9.48 Å². The number of carbonyl (C=O) groups is 2. The van der Waals surface area contributed by atoms with E-state index in [1.54, 1.807) is 28.9 Å². The van der Waals surface area contributed by atoms with Crippen LogP contribution in [0.15, 0.2) is 48.5 Å². The predicted octanol–water partition coefficient (Wildman–Crippen LogP) is 7.77. The van der Waals surface area contributed by atoms with E-state index in [0.717, 1.165) is 18.6 Å². The van der Waals surface area contributed by atoms with Gasteiger partial charge in [0.2, 0.25) is 5.91 Å². The number of benzene rings is 2. The predicted molar refractivity (Wildman–Crippen MR) is 148 cm³/mol. The van der Waals surface area contributed by atoms with Crippen LogP contribution in [-0.2, 0) is 16.4 Å². The van der Waals surface area contributed by atoms with E-state index in [2.05, 4.69) is 15.7 Å². The zero-order chi connectivity index (χ0) is 29.0. The van der Waals surface area contributed by atoms with Crippen molar-refractivity contribution >= 4 is 46.6 Å². The number of nitrogens with zero attached hydrogens (tertiary/aromatic N) is 3. The largest absolute Gasteiger partial charge is 0.416 e. The summed E-state index contributed by atoms with van der Waals surface area (Å²) in [5, 5.41) is 10.7. The van der Waals surface area contributed by atoms with Gasteiger partial charge in [0, 0.05) is 23.7 Å². The van der Waals surface area contributed by atoms with Crippen LogP contribution in [0.1, 0.15) is 51.8 Å². The summed E-state index contributed by atoms with van der Waals surface area (Å²) in [6.07, 6.45) is -3.09. The van der Waals surface area contributed by atoms with Gasteiger partial charge >= 0.3 is 12.2 Å². The summed E-state index contributed by atoms with van der Waals surface area (Å²) in [5.41, 5.74) is 0.332. The number of rotatable bonds is 8. The van der Waals surface area contributed by atoms with Crippen molar-refractivity contribution in [1.29, 1.82) is 0 Å². The Bertz CT molecular complexity index is 1320. The second kappa shape index (κ2) is 12.3. The molecule has 0 saturated heterocycles. The highest BCUT2D eigenvalue weighted by molar-refractivity contribution is 6.42. The van der Waals surface area contributed by atoms with Crippen molar-refractivity contribution in [3.05, 3.63) is 69.8 Å². The Morgan fingerprint density at radius 1 is 0.974 bits per heavy atom. The first-order valence-corrected chi connectivity index (χ1v) is 13.0. The van der Waals surface area contributed by atoms with Crippen molar-refractivity contribution in [2.45, 2.75) is 52.1 Å². The van der Waals surface area contributed by atoms with Crippen LogP contribution in [0.3, 0.4) is 0 Å². The molecule has 0 aliphatic rings. The molecule has 0 radical (unpaired) electrons. The van der Waals surface area contributed by atoms with Gasteiger partial charge < -0.3 is 15.5 Å². The Balaban J connectivity index is 1.80. The van der Waals surface area contributed by atoms with Gasteiger partial charge in [-0.2, -0.15) is 18.3 Å². The lowest BCUT2D eigenvalue weighted by molar-refractivity contribution is -0.137. The summed E-state index contributed by atoms with van der Waals surface area (Å²) in [4.78, 5) is 27.4. The Kier molecular flexibility index (Phi) is 9.55. The molecular formula is C27H30Cl2F3N5O2. The smallest absolute Gasteiger partial charge is 0.315 e. The highest BCUT2D eigenvalue weighted by Crippen LogP contribution is 2.31. The molecule has 1 aromatic heterocycles. The summed E-state index contributed by atoms with van der Waals surface area (Å²) in [6.45, 7) is 7.88. The summed E-state index contributed by atoms with van der Waals surface area (Å²) < 4.78 is 40.1. The molecule has 0 saturated carbocycles. The Morgan fingerprint density at radius 3 is 2.21 bits per heavy atom. The van der Waals surface area contributed by atoms with Crippen LogP contribution >= 0.6 is 23.2 Å². The van der Waals surface area contributed by atoms with Gasteiger partial charge in [-0.1, -0.05) is 57.3 Å². The van der Waals surface area contributed by atoms with E-state index in [9.17, 15) is 22.8 Å². The Morgan fingerprint density at radius 2 is 1.64 bits per heavy atom. The molecule has 3 amide bonds. The zero-order valence-corrected chi connectivity index (χ0v) is 23.5. The van der Waals surface area contributed by atoms with Crippen molar-refractivity contribution in [2.24, 2.45) is 0 Å². The number of alkyl halides is 3. The molecule has 210 valence electrons. The lowest BCUT2D eigenvalue weighted by atomic mass is 9.92. The summed E-state index contributed by atoms with van der Waals surface area (Å²) in [7, 11) is 0. The molecule has 39 heavy (non-hydrogen) atoms. The van der Waals surface area contributed by atoms with E-state index >= 15 is 0 Å². The van der Waals surface area contributed by atoms with Crippen molar-refractivity contribution in [1.82, 2.24) is 14.7 Å². The minimum Gasteiger partial charge on any atom is -0.315 e. The SMILES string of the molecule is CCCCN(CC(=O)Nc1cc(C(C)(C)C)nn1-c1ccc(Cl)c(Cl)c1)C(=O)Nc1ccc(C(F)(F)F)cc1. The van der Waals surface area contributed by atoms with Gasteiger partial charge in [-0.05, 0) is 48.9 Å². The number of anilines is 2. The molecule has 3 aromatic rings. The highest BCUT2D eigenvalue weighted by Gasteiger charge is 2.30. The molecular weight excluding hydrogens is 554 g/mol. The fourth-order valence-electron chi connectivity index (χ4n) is 3.55. The van der Waals surface area contributed by atoms with E-state index in [1.807, 2.05) is 27.7 Å². The third kappa shape index (κ3) is 8.12. The number of aromatic nitrogens is 2. The first-order chi connectivity index (χ1) is 18.2. The Labute approximate surface area is 235 Å². The second-order valence-electron chi connectivity index (χ2n) is 10.0. The first kappa shape index (κ1) is 30.3. The molecule has 1 heterocycles. The molecule has 7 nitrogen and oxygen atoms in total. The third-order valence-corrected chi connectivity index (χ3v) is 6.50. The number of unbranched alkanes of at least 4 members (excludes halogenated alkanes) is 1. The molecule has 0 unspecified atom stereocenters. The van der Waals surface area contributed by atoms with Crippen molar-refractivity contribution in [3.63, 3.8) is 0 Å². The van der Waals surface area contributed by atoms with Crippen LogP contribution < -0.4 is 10.6 Å². The monoisotopic (exact) mass is 583 g/mol. The summed E-state index contributed by atoms with van der Waals surface area (Å²) in [6, 6.07) is 10.2. The number of urea groups is 1. The van der Waals surface area contributed by atoms with E-state index in [1.165, 1.54) is 17.0 Å². The van der Waals surface area contributed by atoms with Gasteiger partial charge in [0.05, 0.1) is 27.0 Å². The van der Waals surface area contributed by atoms with Crippen LogP contribution in [0, 0.1) is 0 Å². The van der Waals surface area contributed by atoms with Crippen molar-refractivity contribution in [3.8, 4) is 5.69 Å². The molecule has 0 atom stereocenters. The maximum absolute atomic E-state index is 13.1. The number of amides is 3. The van der Waals surface area contributed by atoms with Crippen LogP contribution in [0.4, 0.5) is 29.5 Å². The number of halogens is 5. The Hall–Kier alpha value is -3.24. The lowest BCUT2D eigenvalue weighted by Crippen LogP contribution is -2.41. The topological polar surface area (TPSA) is 79.3 Å². The molecule has 3 rings (SSSR count). The van der Waals surface area contributed by atoms with E-state index < -0.39 is 23.7 Å². The molecule has 0 aliphatic heterocycles. The molecule has 0 spiro atoms. The number of carbonyl (C=O) groups excluding carboxylic acids is 2. The fraction of sp³-hybridized carbons (Fsp3) is 0.370. The number of hydrogen-bond acceptors (Lipinski definition) is 3. The second-order valence-corrected chi connectivity index (χ2v) is 10.8. The molecule has 2 N–H and O–H groups in total. The third-order valence-electron chi connectivity index (χ3n) is 5.76. The van der Waals surface area contributed by atoms with Gasteiger partial charge in [-0.3, -0.25) is 4.79 Å². The lowest BCUT2D eigenvalue weighted by Gasteiger charge is -2.22. The average molecular weight is 584 g/mol. The zero-order valence-electron chi connectivity index (χ0n) is 22.0. The maximum Gasteiger partial charge on any atom is 0.416 e. The molecule has 2 aromatic carbocycles. The van der Waals surface area contributed by atoms with Crippen molar-refractivity contribution < 1.29 is 22.8 Å². The van der Waals surface area contributed by atoms with E-state index in [0.29, 0.717) is 33.7 Å². The minimum absolute atomic E-state index is 0.183. The number of hydrogen-bond donors (Lipinski definition) is 2. The maximum atomic E-state index is 13.1. The van der Waals surface area contributed by atoms with Crippen LogP contribution in [0.2, 0.25) is 10.0 Å². The minimum atomic E-state index is -4.48. The van der Waals surface area contributed by atoms with Gasteiger partial charge in [0.15, 0.2) is 0 Å². The quantitative estimate of drug-likeness (QED) is 0.284. The van der Waals surface area contributed by atoms with E-state index in [-0.39, 0.29) is 24.2 Å². The van der Waals surface area contributed by atoms with Gasteiger partial charge in [0.1, 0.15) is 12.4 Å². The van der Waals surface area contributed by atoms with Crippen LogP contribution in [-0.4, -0.2) is 39.7 Å². The fourth-order valence-corrected chi connectivity index (χ4v) is 3.84. The first-order valence-electron chi connectivity index (χ1n) is 12.3.